The van der Waals surface area contributed by atoms with Gasteiger partial charge in [-0.15, -0.1) is 0 Å². The molecule has 0 bridgehead atoms. The minimum Gasteiger partial charge on any atom is -0.370 e. The zero-order valence-corrected chi connectivity index (χ0v) is 16.4. The zero-order chi connectivity index (χ0) is 19.5. The maximum Gasteiger partial charge on any atom is 0.217 e. The van der Waals surface area contributed by atoms with E-state index >= 15 is 0 Å². The van der Waals surface area contributed by atoms with E-state index in [2.05, 4.69) is 24.3 Å². The van der Waals surface area contributed by atoms with Gasteiger partial charge in [0.2, 0.25) is 5.91 Å². The highest BCUT2D eigenvalue weighted by Gasteiger charge is 2.20. The Kier molecular flexibility index (Phi) is 5.40. The second-order valence-corrected chi connectivity index (χ2v) is 7.68. The van der Waals surface area contributed by atoms with Crippen molar-refractivity contribution < 1.29 is 4.79 Å². The number of aryl methyl sites for hydroxylation is 2. The highest BCUT2D eigenvalue weighted by molar-refractivity contribution is 6.30. The molecular formula is C23H22ClN3O. The zero-order valence-electron chi connectivity index (χ0n) is 15.6. The molecule has 142 valence electrons. The van der Waals surface area contributed by atoms with Crippen LogP contribution in [-0.2, 0) is 30.5 Å². The minimum atomic E-state index is -0.269. The van der Waals surface area contributed by atoms with Gasteiger partial charge in [-0.25, -0.2) is 9.97 Å². The van der Waals surface area contributed by atoms with Gasteiger partial charge in [0, 0.05) is 29.1 Å². The van der Waals surface area contributed by atoms with E-state index in [1.807, 2.05) is 24.3 Å². The van der Waals surface area contributed by atoms with Crippen LogP contribution in [0.2, 0.25) is 5.02 Å². The third kappa shape index (κ3) is 4.23. The van der Waals surface area contributed by atoms with Gasteiger partial charge in [-0.1, -0.05) is 48.0 Å². The molecule has 0 radical (unpaired) electrons. The predicted molar refractivity (Wildman–Crippen MR) is 111 cm³/mol. The van der Waals surface area contributed by atoms with Crippen LogP contribution < -0.4 is 5.73 Å². The minimum absolute atomic E-state index is 0.269. The third-order valence-electron chi connectivity index (χ3n) is 5.16. The molecule has 3 aromatic rings. The Morgan fingerprint density at radius 2 is 1.82 bits per heavy atom. The average molecular weight is 392 g/mol. The van der Waals surface area contributed by atoms with Gasteiger partial charge in [-0.3, -0.25) is 4.79 Å². The van der Waals surface area contributed by atoms with E-state index < -0.39 is 0 Å². The summed E-state index contributed by atoms with van der Waals surface area (Å²) in [6, 6.07) is 16.1. The number of benzene rings is 2. The quantitative estimate of drug-likeness (QED) is 0.681. The largest absolute Gasteiger partial charge is 0.370 e. The lowest BCUT2D eigenvalue weighted by Gasteiger charge is -2.11. The van der Waals surface area contributed by atoms with Crippen molar-refractivity contribution in [2.45, 2.75) is 38.5 Å². The molecule has 28 heavy (non-hydrogen) atoms. The number of carbonyl (C=O) groups excluding carboxylic acids is 1. The third-order valence-corrected chi connectivity index (χ3v) is 5.39. The summed E-state index contributed by atoms with van der Waals surface area (Å²) in [6.45, 7) is 0. The van der Waals surface area contributed by atoms with Gasteiger partial charge in [-0.2, -0.15) is 0 Å². The summed E-state index contributed by atoms with van der Waals surface area (Å²) in [6.07, 6.45) is 5.00. The Labute approximate surface area is 169 Å². The van der Waals surface area contributed by atoms with Crippen molar-refractivity contribution in [3.8, 4) is 11.4 Å². The lowest BCUT2D eigenvalue weighted by atomic mass is 10.0. The molecule has 0 aliphatic heterocycles. The maximum absolute atomic E-state index is 11.0. The predicted octanol–water partition coefficient (Wildman–Crippen LogP) is 4.29. The van der Waals surface area contributed by atoms with Gasteiger partial charge in [0.25, 0.3) is 0 Å². The lowest BCUT2D eigenvalue weighted by Crippen LogP contribution is -2.11. The topological polar surface area (TPSA) is 68.9 Å². The molecule has 1 heterocycles. The summed E-state index contributed by atoms with van der Waals surface area (Å²) >= 11 is 6.16. The van der Waals surface area contributed by atoms with Gasteiger partial charge in [0.15, 0.2) is 5.82 Å². The first-order chi connectivity index (χ1) is 13.6. The molecule has 2 aromatic carbocycles. The van der Waals surface area contributed by atoms with E-state index in [1.54, 1.807) is 0 Å². The number of hydrogen-bond acceptors (Lipinski definition) is 3. The number of halogens is 1. The molecule has 1 aliphatic carbocycles. The normalized spacial score (nSPS) is 12.8. The first-order valence-electron chi connectivity index (χ1n) is 9.59. The molecule has 0 fully saturated rings. The molecule has 4 nitrogen and oxygen atoms in total. The van der Waals surface area contributed by atoms with Gasteiger partial charge in [-0.05, 0) is 54.5 Å². The standard InChI is InChI=1S/C23H22ClN3O/c24-18-4-1-3-17(14-18)23-26-20-6-2-5-19(20)21(27-23)13-16-9-7-15(8-10-16)11-12-22(25)28/h1,3-4,7-10,14H,2,5-6,11-13H2,(H2,25,28). The molecule has 0 spiro atoms. The van der Waals surface area contributed by atoms with E-state index in [0.29, 0.717) is 17.9 Å². The number of nitrogens with two attached hydrogens (primary N) is 1. The fraction of sp³-hybridized carbons (Fsp3) is 0.261. The number of fused-ring (bicyclic) bond motifs is 1. The van der Waals surface area contributed by atoms with Crippen molar-refractivity contribution in [2.24, 2.45) is 5.73 Å². The number of nitrogens with zero attached hydrogens (tertiary/aromatic N) is 2. The molecule has 0 unspecified atom stereocenters. The summed E-state index contributed by atoms with van der Waals surface area (Å²) in [5, 5.41) is 0.690. The molecule has 1 aliphatic rings. The van der Waals surface area contributed by atoms with Gasteiger partial charge < -0.3 is 5.73 Å². The molecule has 0 saturated heterocycles. The second-order valence-electron chi connectivity index (χ2n) is 7.24. The number of amides is 1. The van der Waals surface area contributed by atoms with E-state index in [-0.39, 0.29) is 5.91 Å². The Morgan fingerprint density at radius 1 is 1.04 bits per heavy atom. The molecule has 5 heteroatoms. The lowest BCUT2D eigenvalue weighted by molar-refractivity contribution is -0.117. The summed E-state index contributed by atoms with van der Waals surface area (Å²) in [4.78, 5) is 20.7. The summed E-state index contributed by atoms with van der Waals surface area (Å²) in [7, 11) is 0. The van der Waals surface area contributed by atoms with Crippen molar-refractivity contribution in [3.05, 3.63) is 81.6 Å². The highest BCUT2D eigenvalue weighted by Crippen LogP contribution is 2.28. The van der Waals surface area contributed by atoms with Gasteiger partial charge in [0.05, 0.1) is 5.69 Å². The highest BCUT2D eigenvalue weighted by atomic mass is 35.5. The first kappa shape index (κ1) is 18.6. The van der Waals surface area contributed by atoms with Gasteiger partial charge in [0.1, 0.15) is 0 Å². The summed E-state index contributed by atoms with van der Waals surface area (Å²) in [5.41, 5.74) is 12.1. The Balaban J connectivity index is 1.61. The van der Waals surface area contributed by atoms with Crippen molar-refractivity contribution in [1.82, 2.24) is 9.97 Å². The van der Waals surface area contributed by atoms with Crippen LogP contribution in [0.3, 0.4) is 0 Å². The number of primary amides is 1. The second kappa shape index (κ2) is 8.11. The van der Waals surface area contributed by atoms with Crippen molar-refractivity contribution in [3.63, 3.8) is 0 Å². The van der Waals surface area contributed by atoms with E-state index in [1.165, 1.54) is 11.1 Å². The molecule has 2 N–H and O–H groups in total. The van der Waals surface area contributed by atoms with Crippen LogP contribution in [0.1, 0.15) is 40.9 Å². The van der Waals surface area contributed by atoms with Gasteiger partial charge >= 0.3 is 0 Å². The van der Waals surface area contributed by atoms with E-state index in [0.717, 1.165) is 54.0 Å². The number of rotatable bonds is 6. The van der Waals surface area contributed by atoms with Crippen LogP contribution in [0.15, 0.2) is 48.5 Å². The Hall–Kier alpha value is -2.72. The monoisotopic (exact) mass is 391 g/mol. The average Bonchev–Trinajstić information content (AvgIpc) is 3.16. The van der Waals surface area contributed by atoms with E-state index in [9.17, 15) is 4.79 Å². The smallest absolute Gasteiger partial charge is 0.217 e. The molecular weight excluding hydrogens is 370 g/mol. The van der Waals surface area contributed by atoms with Crippen molar-refractivity contribution in [2.75, 3.05) is 0 Å². The SMILES string of the molecule is NC(=O)CCc1ccc(Cc2nc(-c3cccc(Cl)c3)nc3c2CCC3)cc1. The van der Waals surface area contributed by atoms with Crippen molar-refractivity contribution in [1.29, 1.82) is 0 Å². The fourth-order valence-corrected chi connectivity index (χ4v) is 3.89. The Morgan fingerprint density at radius 3 is 2.57 bits per heavy atom. The number of carbonyl (C=O) groups is 1. The fourth-order valence-electron chi connectivity index (χ4n) is 3.70. The summed E-state index contributed by atoms with van der Waals surface area (Å²) < 4.78 is 0. The van der Waals surface area contributed by atoms with Crippen LogP contribution in [0.4, 0.5) is 0 Å². The van der Waals surface area contributed by atoms with Crippen LogP contribution in [0.25, 0.3) is 11.4 Å². The number of hydrogen-bond donors (Lipinski definition) is 1. The molecule has 1 amide bonds. The van der Waals surface area contributed by atoms with Crippen LogP contribution in [0, 0.1) is 0 Å². The van der Waals surface area contributed by atoms with E-state index in [4.69, 9.17) is 27.3 Å². The van der Waals surface area contributed by atoms with Crippen LogP contribution >= 0.6 is 11.6 Å². The molecule has 1 aromatic heterocycles. The Bertz CT molecular complexity index is 1010. The number of aromatic nitrogens is 2. The molecule has 4 rings (SSSR count). The first-order valence-corrected chi connectivity index (χ1v) is 9.97. The molecule has 0 atom stereocenters. The maximum atomic E-state index is 11.0. The summed E-state index contributed by atoms with van der Waals surface area (Å²) in [5.74, 6) is 0.477. The van der Waals surface area contributed by atoms with Crippen LogP contribution in [-0.4, -0.2) is 15.9 Å². The van der Waals surface area contributed by atoms with Crippen LogP contribution in [0.5, 0.6) is 0 Å². The van der Waals surface area contributed by atoms with Crippen molar-refractivity contribution >= 4 is 17.5 Å². The molecule has 0 saturated carbocycles.